The number of quaternary nitrogens is 1. The number of phosphoric acid groups is 1. The quantitative estimate of drug-likeness (QED) is 0.0131. The molecule has 1 aliphatic heterocycles. The fourth-order valence-corrected chi connectivity index (χ4v) is 6.98. The van der Waals surface area contributed by atoms with Crippen LogP contribution >= 0.6 is 7.82 Å². The highest BCUT2D eigenvalue weighted by molar-refractivity contribution is 7.47. The largest absolute Gasteiger partial charge is 0.472 e. The third kappa shape index (κ3) is 23.7. The van der Waals surface area contributed by atoms with Crippen LogP contribution in [0.3, 0.4) is 0 Å². The van der Waals surface area contributed by atoms with Gasteiger partial charge in [-0.1, -0.05) is 109 Å². The molecular formula is C42H73NO10P+. The molecule has 1 fully saturated rings. The molecule has 0 aromatic carbocycles. The number of likely N-dealkylation sites (N-methyl/N-ethyl adjacent to an activating group) is 1. The number of ether oxygens (including phenoxy) is 3. The highest BCUT2D eigenvalue weighted by Gasteiger charge is 2.38. The smallest absolute Gasteiger partial charge is 0.462 e. The maximum atomic E-state index is 12.9. The molecule has 0 spiro atoms. The summed E-state index contributed by atoms with van der Waals surface area (Å²) in [5.41, 5.74) is 0.697. The number of allylic oxidation sites excluding steroid dienone is 4. The molecule has 2 aliphatic rings. The second-order valence-corrected chi connectivity index (χ2v) is 17.3. The van der Waals surface area contributed by atoms with E-state index in [2.05, 4.69) is 26.0 Å². The molecule has 5 atom stereocenters. The zero-order chi connectivity index (χ0) is 39.7. The van der Waals surface area contributed by atoms with Crippen LogP contribution in [0.15, 0.2) is 36.0 Å². The summed E-state index contributed by atoms with van der Waals surface area (Å²) in [5, 5.41) is 0. The monoisotopic (exact) mass is 782 g/mol. The van der Waals surface area contributed by atoms with Gasteiger partial charge in [0.15, 0.2) is 11.9 Å². The van der Waals surface area contributed by atoms with Crippen molar-refractivity contribution in [1.82, 2.24) is 0 Å². The van der Waals surface area contributed by atoms with Gasteiger partial charge in [-0.05, 0) is 50.7 Å². The van der Waals surface area contributed by atoms with Crippen molar-refractivity contribution in [2.75, 3.05) is 47.5 Å². The van der Waals surface area contributed by atoms with Gasteiger partial charge in [0.05, 0.1) is 33.9 Å². The maximum absolute atomic E-state index is 12.9. The predicted octanol–water partition coefficient (Wildman–Crippen LogP) is 9.13. The number of phosphoric ester groups is 1. The molecular weight excluding hydrogens is 709 g/mol. The summed E-state index contributed by atoms with van der Waals surface area (Å²) in [6.07, 6.45) is 28.4. The Kier molecular flexibility index (Phi) is 24.4. The SMILES string of the molecule is CCCCC/C=C\C[C@H]1O[C@@H]1/C=C1\C(=O)C=C[C@@H]1CCCC(=O)O[C@H](COC(=O)CCCCCCCCCCCCC)COP(=O)(O)OCC[N+](C)(C)C. The second kappa shape index (κ2) is 27.5. The molecule has 0 amide bonds. The molecule has 1 aliphatic carbocycles. The highest BCUT2D eigenvalue weighted by Crippen LogP contribution is 2.43. The summed E-state index contributed by atoms with van der Waals surface area (Å²) in [7, 11) is 1.35. The van der Waals surface area contributed by atoms with Crippen LogP contribution in [0.5, 0.6) is 0 Å². The van der Waals surface area contributed by atoms with Crippen molar-refractivity contribution in [3.8, 4) is 0 Å². The van der Waals surface area contributed by atoms with Crippen LogP contribution in [0.1, 0.15) is 142 Å². The topological polar surface area (TPSA) is 138 Å². The van der Waals surface area contributed by atoms with E-state index < -0.39 is 32.5 Å². The van der Waals surface area contributed by atoms with Crippen molar-refractivity contribution in [2.45, 2.75) is 161 Å². The lowest BCUT2D eigenvalue weighted by Crippen LogP contribution is -2.37. The van der Waals surface area contributed by atoms with Gasteiger partial charge >= 0.3 is 19.8 Å². The Hall–Kier alpha value is -2.14. The van der Waals surface area contributed by atoms with Gasteiger partial charge in [-0.3, -0.25) is 23.4 Å². The average Bonchev–Trinajstić information content (AvgIpc) is 3.77. The number of unbranched alkanes of at least 4 members (excludes halogenated alkanes) is 13. The van der Waals surface area contributed by atoms with E-state index in [-0.39, 0.29) is 50.0 Å². The minimum atomic E-state index is -4.44. The molecule has 1 N–H and O–H groups in total. The first-order chi connectivity index (χ1) is 25.8. The van der Waals surface area contributed by atoms with Gasteiger partial charge in [0.25, 0.3) is 0 Å². The molecule has 0 bridgehead atoms. The third-order valence-corrected chi connectivity index (χ3v) is 10.7. The number of rotatable bonds is 33. The molecule has 1 heterocycles. The van der Waals surface area contributed by atoms with Crippen LogP contribution in [0.25, 0.3) is 0 Å². The van der Waals surface area contributed by atoms with Crippen LogP contribution < -0.4 is 0 Å². The van der Waals surface area contributed by atoms with Crippen molar-refractivity contribution in [3.63, 3.8) is 0 Å². The van der Waals surface area contributed by atoms with Crippen LogP contribution in [0.2, 0.25) is 0 Å². The Balaban J connectivity index is 1.79. The Morgan fingerprint density at radius 1 is 0.852 bits per heavy atom. The summed E-state index contributed by atoms with van der Waals surface area (Å²) in [4.78, 5) is 48.3. The van der Waals surface area contributed by atoms with Crippen molar-refractivity contribution in [3.05, 3.63) is 36.0 Å². The molecule has 0 aromatic heterocycles. The van der Waals surface area contributed by atoms with E-state index in [0.717, 1.165) is 32.1 Å². The van der Waals surface area contributed by atoms with Crippen molar-refractivity contribution in [1.29, 1.82) is 0 Å². The fraction of sp³-hybridized carbons (Fsp3) is 0.786. The number of hydrogen-bond donors (Lipinski definition) is 1. The number of ketones is 1. The number of nitrogens with zero attached hydrogens (tertiary/aromatic N) is 1. The summed E-state index contributed by atoms with van der Waals surface area (Å²) in [5.74, 6) is -1.12. The Morgan fingerprint density at radius 2 is 1.48 bits per heavy atom. The number of epoxide rings is 1. The lowest BCUT2D eigenvalue weighted by molar-refractivity contribution is -0.870. The van der Waals surface area contributed by atoms with Crippen molar-refractivity contribution in [2.24, 2.45) is 5.92 Å². The number of hydrogen-bond acceptors (Lipinski definition) is 9. The van der Waals surface area contributed by atoms with Gasteiger partial charge in [-0.15, -0.1) is 0 Å². The Morgan fingerprint density at radius 3 is 2.15 bits per heavy atom. The molecule has 12 heteroatoms. The van der Waals surface area contributed by atoms with Crippen LogP contribution in [-0.2, 0) is 42.2 Å². The van der Waals surface area contributed by atoms with E-state index in [1.165, 1.54) is 64.2 Å². The van der Waals surface area contributed by atoms with Crippen LogP contribution in [0, 0.1) is 5.92 Å². The minimum absolute atomic E-state index is 0.00602. The molecule has 54 heavy (non-hydrogen) atoms. The molecule has 0 radical (unpaired) electrons. The first-order valence-corrected chi connectivity index (χ1v) is 22.3. The molecule has 1 saturated heterocycles. The van der Waals surface area contributed by atoms with Crippen LogP contribution in [0.4, 0.5) is 0 Å². The molecule has 310 valence electrons. The maximum Gasteiger partial charge on any atom is 0.472 e. The molecule has 0 aromatic rings. The Bertz CT molecular complexity index is 1230. The predicted molar refractivity (Wildman–Crippen MR) is 213 cm³/mol. The van der Waals surface area contributed by atoms with E-state index in [4.69, 9.17) is 23.3 Å². The highest BCUT2D eigenvalue weighted by atomic mass is 31.2. The summed E-state index contributed by atoms with van der Waals surface area (Å²) in [6.45, 7) is 4.12. The molecule has 2 rings (SSSR count). The van der Waals surface area contributed by atoms with Crippen LogP contribution in [-0.4, -0.2) is 92.9 Å². The summed E-state index contributed by atoms with van der Waals surface area (Å²) < 4.78 is 40.1. The van der Waals surface area contributed by atoms with Crippen molar-refractivity contribution < 1.29 is 51.6 Å². The number of esters is 2. The lowest BCUT2D eigenvalue weighted by atomic mass is 9.94. The fourth-order valence-electron chi connectivity index (χ4n) is 6.24. The summed E-state index contributed by atoms with van der Waals surface area (Å²) in [6, 6.07) is 0. The van der Waals surface area contributed by atoms with Crippen molar-refractivity contribution >= 4 is 25.5 Å². The normalized spacial score (nSPS) is 20.8. The minimum Gasteiger partial charge on any atom is -0.462 e. The lowest BCUT2D eigenvalue weighted by Gasteiger charge is -2.24. The average molecular weight is 783 g/mol. The zero-order valence-electron chi connectivity index (χ0n) is 34.2. The standard InChI is InChI=1S/C42H72NO10P/c1-6-8-10-12-14-15-16-17-18-20-22-26-41(45)49-33-36(34-51-54(47,48)50-31-30-43(3,4)5)52-42(46)27-23-24-35-28-29-38(44)37(35)32-40-39(53-40)25-21-19-13-11-9-7-2/h19,21,28-29,32,35-36,39-40H,6-18,20,22-27,30-31,33-34H2,1-5H3/p+1/b21-19-,37-32-/t35-,36+,39+,40+/m0/s1. The van der Waals surface area contributed by atoms with Gasteiger partial charge in [-0.2, -0.15) is 0 Å². The first-order valence-electron chi connectivity index (χ1n) is 20.9. The van der Waals surface area contributed by atoms with Gasteiger partial charge < -0.3 is 23.6 Å². The number of carbonyl (C=O) groups is 3. The van der Waals surface area contributed by atoms with E-state index in [1.54, 1.807) is 6.08 Å². The zero-order valence-corrected chi connectivity index (χ0v) is 35.1. The van der Waals surface area contributed by atoms with E-state index >= 15 is 0 Å². The number of carbonyl (C=O) groups excluding carboxylic acids is 3. The first kappa shape index (κ1) is 48.0. The molecule has 0 saturated carbocycles. The second-order valence-electron chi connectivity index (χ2n) is 15.9. The molecule has 11 nitrogen and oxygen atoms in total. The molecule has 1 unspecified atom stereocenters. The van der Waals surface area contributed by atoms with E-state index in [0.29, 0.717) is 35.9 Å². The summed E-state index contributed by atoms with van der Waals surface area (Å²) >= 11 is 0. The van der Waals surface area contributed by atoms with Gasteiger partial charge in [0.2, 0.25) is 0 Å². The third-order valence-electron chi connectivity index (χ3n) is 9.69. The Labute approximate surface area is 326 Å². The van der Waals surface area contributed by atoms with E-state index in [9.17, 15) is 23.8 Å². The van der Waals surface area contributed by atoms with Gasteiger partial charge in [0, 0.05) is 24.3 Å². The van der Waals surface area contributed by atoms with Gasteiger partial charge in [-0.25, -0.2) is 4.57 Å². The van der Waals surface area contributed by atoms with Gasteiger partial charge in [0.1, 0.15) is 25.9 Å². The van der Waals surface area contributed by atoms with E-state index in [1.807, 2.05) is 33.3 Å².